The highest BCUT2D eigenvalue weighted by molar-refractivity contribution is 7.15. The zero-order valence-electron chi connectivity index (χ0n) is 18.9. The number of carbonyl (C=O) groups excluding carboxylic acids is 2. The number of hydrazone groups is 1. The fourth-order valence-electron chi connectivity index (χ4n) is 3.85. The van der Waals surface area contributed by atoms with Crippen molar-refractivity contribution in [3.63, 3.8) is 0 Å². The molecule has 2 amide bonds. The van der Waals surface area contributed by atoms with E-state index >= 15 is 0 Å². The summed E-state index contributed by atoms with van der Waals surface area (Å²) < 4.78 is 39.6. The second-order valence-corrected chi connectivity index (χ2v) is 9.18. The predicted molar refractivity (Wildman–Crippen MR) is 125 cm³/mol. The van der Waals surface area contributed by atoms with Gasteiger partial charge in [-0.05, 0) is 63.1 Å². The maximum Gasteiger partial charge on any atom is 0.416 e. The van der Waals surface area contributed by atoms with Crippen LogP contribution in [-0.4, -0.2) is 45.3 Å². The summed E-state index contributed by atoms with van der Waals surface area (Å²) in [5.41, 5.74) is 2.10. The van der Waals surface area contributed by atoms with E-state index in [0.29, 0.717) is 28.5 Å². The largest absolute Gasteiger partial charge is 0.416 e. The van der Waals surface area contributed by atoms with Crippen molar-refractivity contribution >= 4 is 28.9 Å². The number of thiophene rings is 1. The highest BCUT2D eigenvalue weighted by Crippen LogP contribution is 2.29. The number of H-pyrrole nitrogens is 1. The van der Waals surface area contributed by atoms with Crippen LogP contribution in [0.5, 0.6) is 0 Å². The van der Waals surface area contributed by atoms with Crippen molar-refractivity contribution in [2.24, 2.45) is 5.10 Å². The molecule has 1 aliphatic heterocycles. The molecule has 0 unspecified atom stereocenters. The molecule has 0 aliphatic carbocycles. The van der Waals surface area contributed by atoms with E-state index in [2.05, 4.69) is 15.6 Å². The number of benzene rings is 1. The molecule has 3 heterocycles. The summed E-state index contributed by atoms with van der Waals surface area (Å²) in [6.45, 7) is 4.57. The van der Waals surface area contributed by atoms with Crippen LogP contribution in [0.25, 0.3) is 5.69 Å². The van der Waals surface area contributed by atoms with Crippen molar-refractivity contribution < 1.29 is 22.8 Å². The second kappa shape index (κ2) is 9.53. The van der Waals surface area contributed by atoms with Gasteiger partial charge in [-0.15, -0.1) is 11.3 Å². The van der Waals surface area contributed by atoms with Gasteiger partial charge in [-0.2, -0.15) is 18.3 Å². The van der Waals surface area contributed by atoms with Crippen LogP contribution in [0, 0.1) is 6.92 Å². The third-order valence-corrected chi connectivity index (χ3v) is 6.72. The number of likely N-dealkylation sites (tertiary alicyclic amines) is 1. The normalized spacial score (nSPS) is 14.4. The Morgan fingerprint density at radius 3 is 2.31 bits per heavy atom. The highest BCUT2D eigenvalue weighted by Gasteiger charge is 2.30. The number of nitrogens with zero attached hydrogens (tertiary/aromatic N) is 3. The van der Waals surface area contributed by atoms with E-state index in [0.717, 1.165) is 41.0 Å². The minimum atomic E-state index is -4.48. The summed E-state index contributed by atoms with van der Waals surface area (Å²) in [5.74, 6) is -0.621. The molecule has 0 spiro atoms. The average molecular weight is 506 g/mol. The molecule has 8 nitrogen and oxygen atoms in total. The van der Waals surface area contributed by atoms with Gasteiger partial charge in [0.2, 0.25) is 0 Å². The van der Waals surface area contributed by atoms with Gasteiger partial charge in [-0.3, -0.25) is 19.5 Å². The molecule has 1 aliphatic rings. The topological polar surface area (TPSA) is 99.6 Å². The van der Waals surface area contributed by atoms with Crippen LogP contribution in [0.3, 0.4) is 0 Å². The number of aromatic nitrogens is 2. The maximum atomic E-state index is 12.9. The Morgan fingerprint density at radius 2 is 1.69 bits per heavy atom. The number of aryl methyl sites for hydroxylation is 1. The van der Waals surface area contributed by atoms with Gasteiger partial charge in [0.05, 0.1) is 32.3 Å². The molecule has 2 N–H and O–H groups in total. The molecule has 184 valence electrons. The van der Waals surface area contributed by atoms with Gasteiger partial charge in [0.15, 0.2) is 0 Å². The van der Waals surface area contributed by atoms with Gasteiger partial charge < -0.3 is 4.90 Å². The van der Waals surface area contributed by atoms with Crippen LogP contribution in [0.4, 0.5) is 13.2 Å². The molecular weight excluding hydrogens is 483 g/mol. The minimum Gasteiger partial charge on any atom is -0.338 e. The smallest absolute Gasteiger partial charge is 0.338 e. The third-order valence-electron chi connectivity index (χ3n) is 5.65. The van der Waals surface area contributed by atoms with Crippen molar-refractivity contribution in [2.75, 3.05) is 13.1 Å². The molecule has 0 saturated carbocycles. The first-order chi connectivity index (χ1) is 16.6. The number of rotatable bonds is 5. The Morgan fingerprint density at radius 1 is 1.06 bits per heavy atom. The van der Waals surface area contributed by atoms with E-state index in [1.165, 1.54) is 19.1 Å². The Hall–Kier alpha value is -3.67. The molecule has 0 atom stereocenters. The molecule has 1 saturated heterocycles. The first-order valence-corrected chi connectivity index (χ1v) is 11.6. The first kappa shape index (κ1) is 24.5. The van der Waals surface area contributed by atoms with Crippen LogP contribution >= 0.6 is 11.3 Å². The standard InChI is InChI=1S/C23H22F3N5O3S/c1-13(27-28-20(32)17-9-10-18(35-17)21(33)30-11-3-4-12-30)19-14(2)29-31(22(19)34)16-7-5-15(6-8-16)23(24,25)26/h5-10,29H,3-4,11-12H2,1-2H3,(H,28,32). The summed E-state index contributed by atoms with van der Waals surface area (Å²) in [7, 11) is 0. The van der Waals surface area contributed by atoms with Crippen molar-refractivity contribution in [3.8, 4) is 5.69 Å². The number of halogens is 3. The number of alkyl halides is 3. The number of hydrogen-bond donors (Lipinski definition) is 2. The van der Waals surface area contributed by atoms with E-state index in [4.69, 9.17) is 0 Å². The molecule has 3 aromatic rings. The summed E-state index contributed by atoms with van der Waals surface area (Å²) >= 11 is 1.07. The Bertz CT molecular complexity index is 1350. The lowest BCUT2D eigenvalue weighted by Gasteiger charge is -2.13. The Balaban J connectivity index is 1.49. The van der Waals surface area contributed by atoms with Crippen LogP contribution in [0.15, 0.2) is 46.3 Å². The highest BCUT2D eigenvalue weighted by atomic mass is 32.1. The Labute approximate surface area is 202 Å². The van der Waals surface area contributed by atoms with Gasteiger partial charge in [0.1, 0.15) is 0 Å². The first-order valence-electron chi connectivity index (χ1n) is 10.8. The minimum absolute atomic E-state index is 0.0991. The summed E-state index contributed by atoms with van der Waals surface area (Å²) in [6.07, 6.45) is -2.54. The van der Waals surface area contributed by atoms with Crippen molar-refractivity contribution in [1.82, 2.24) is 20.1 Å². The lowest BCUT2D eigenvalue weighted by molar-refractivity contribution is -0.137. The maximum absolute atomic E-state index is 12.9. The van der Waals surface area contributed by atoms with E-state index < -0.39 is 23.2 Å². The van der Waals surface area contributed by atoms with Crippen molar-refractivity contribution in [3.05, 3.63) is 73.3 Å². The van der Waals surface area contributed by atoms with Crippen molar-refractivity contribution in [1.29, 1.82) is 0 Å². The molecular formula is C23H22F3N5O3S. The monoisotopic (exact) mass is 505 g/mol. The summed E-state index contributed by atoms with van der Waals surface area (Å²) in [6, 6.07) is 7.32. The molecule has 4 rings (SSSR count). The van der Waals surface area contributed by atoms with Crippen LogP contribution in [0.1, 0.15) is 55.9 Å². The van der Waals surface area contributed by atoms with E-state index in [-0.39, 0.29) is 22.9 Å². The Kier molecular flexibility index (Phi) is 6.66. The van der Waals surface area contributed by atoms with Gasteiger partial charge in [0, 0.05) is 18.8 Å². The molecule has 35 heavy (non-hydrogen) atoms. The van der Waals surface area contributed by atoms with Crippen molar-refractivity contribution in [2.45, 2.75) is 32.9 Å². The SMILES string of the molecule is CC(=NNC(=O)c1ccc(C(=O)N2CCCC2)s1)c1c(C)[nH]n(-c2ccc(C(F)(F)F)cc2)c1=O. The van der Waals surface area contributed by atoms with E-state index in [1.54, 1.807) is 24.0 Å². The summed E-state index contributed by atoms with van der Waals surface area (Å²) in [4.78, 5) is 40.4. The number of amides is 2. The fourth-order valence-corrected chi connectivity index (χ4v) is 4.71. The fraction of sp³-hybridized carbons (Fsp3) is 0.304. The van der Waals surface area contributed by atoms with Gasteiger partial charge in [0.25, 0.3) is 17.4 Å². The molecule has 2 aromatic heterocycles. The third kappa shape index (κ3) is 5.06. The van der Waals surface area contributed by atoms with Crippen LogP contribution < -0.4 is 11.0 Å². The van der Waals surface area contributed by atoms with Gasteiger partial charge in [-0.25, -0.2) is 10.1 Å². The zero-order chi connectivity index (χ0) is 25.3. The molecule has 12 heteroatoms. The number of nitrogens with one attached hydrogen (secondary N) is 2. The van der Waals surface area contributed by atoms with E-state index in [9.17, 15) is 27.6 Å². The molecule has 1 fully saturated rings. The van der Waals surface area contributed by atoms with Crippen LogP contribution in [0.2, 0.25) is 0 Å². The molecule has 0 bridgehead atoms. The van der Waals surface area contributed by atoms with Gasteiger partial charge in [-0.1, -0.05) is 0 Å². The second-order valence-electron chi connectivity index (χ2n) is 8.10. The quantitative estimate of drug-likeness (QED) is 0.406. The van der Waals surface area contributed by atoms with Gasteiger partial charge >= 0.3 is 6.18 Å². The number of aromatic amines is 1. The number of carbonyl (C=O) groups is 2. The lowest BCUT2D eigenvalue weighted by atomic mass is 10.2. The molecule has 1 aromatic carbocycles. The number of hydrogen-bond acceptors (Lipinski definition) is 5. The lowest BCUT2D eigenvalue weighted by Crippen LogP contribution is -2.26. The van der Waals surface area contributed by atoms with E-state index in [1.807, 2.05) is 0 Å². The average Bonchev–Trinajstić information content (AvgIpc) is 3.57. The predicted octanol–water partition coefficient (Wildman–Crippen LogP) is 3.94. The summed E-state index contributed by atoms with van der Waals surface area (Å²) in [5, 5.41) is 6.84. The van der Waals surface area contributed by atoms with Crippen LogP contribution in [-0.2, 0) is 6.18 Å². The molecule has 0 radical (unpaired) electrons. The zero-order valence-corrected chi connectivity index (χ0v) is 19.7.